The van der Waals surface area contributed by atoms with Crippen molar-refractivity contribution >= 4 is 11.6 Å². The summed E-state index contributed by atoms with van der Waals surface area (Å²) in [6, 6.07) is 7.76. The molecule has 0 radical (unpaired) electrons. The van der Waals surface area contributed by atoms with Crippen LogP contribution in [0.1, 0.15) is 18.4 Å². The van der Waals surface area contributed by atoms with Gasteiger partial charge in [-0.1, -0.05) is 11.6 Å². The van der Waals surface area contributed by atoms with Crippen molar-refractivity contribution in [2.75, 3.05) is 20.7 Å². The molecule has 1 rings (SSSR count). The fourth-order valence-corrected chi connectivity index (χ4v) is 1.86. The van der Waals surface area contributed by atoms with Gasteiger partial charge in [-0.05, 0) is 38.2 Å². The van der Waals surface area contributed by atoms with Crippen LogP contribution in [0.15, 0.2) is 18.2 Å². The molecule has 0 spiro atoms. The fourth-order valence-electron chi connectivity index (χ4n) is 1.67. The Bertz CT molecular complexity index is 401. The van der Waals surface area contributed by atoms with Gasteiger partial charge in [0.2, 0.25) is 0 Å². The van der Waals surface area contributed by atoms with Crippen LogP contribution in [-0.2, 0) is 6.54 Å². The monoisotopic (exact) mass is 252 g/mol. The Labute approximate surface area is 108 Å². The van der Waals surface area contributed by atoms with Crippen molar-refractivity contribution < 1.29 is 4.74 Å². The Balaban J connectivity index is 2.60. The Hall–Kier alpha value is -1.24. The summed E-state index contributed by atoms with van der Waals surface area (Å²) in [4.78, 5) is 2.16. The van der Waals surface area contributed by atoms with Crippen molar-refractivity contribution in [2.24, 2.45) is 0 Å². The maximum Gasteiger partial charge on any atom is 0.123 e. The van der Waals surface area contributed by atoms with E-state index in [0.717, 1.165) is 30.8 Å². The molecule has 0 bridgehead atoms. The summed E-state index contributed by atoms with van der Waals surface area (Å²) < 4.78 is 5.29. The van der Waals surface area contributed by atoms with Gasteiger partial charge < -0.3 is 9.64 Å². The molecule has 0 atom stereocenters. The highest BCUT2D eigenvalue weighted by Gasteiger charge is 2.07. The number of benzene rings is 1. The lowest BCUT2D eigenvalue weighted by atomic mass is 10.2. The fraction of sp³-hybridized carbons (Fsp3) is 0.462. The van der Waals surface area contributed by atoms with Gasteiger partial charge in [-0.3, -0.25) is 0 Å². The molecular weight excluding hydrogens is 236 g/mol. The highest BCUT2D eigenvalue weighted by molar-refractivity contribution is 6.30. The second kappa shape index (κ2) is 7.16. The second-order valence-electron chi connectivity index (χ2n) is 3.96. The molecule has 0 amide bonds. The van der Waals surface area contributed by atoms with Gasteiger partial charge >= 0.3 is 0 Å². The minimum Gasteiger partial charge on any atom is -0.496 e. The van der Waals surface area contributed by atoms with Gasteiger partial charge in [0.25, 0.3) is 0 Å². The Morgan fingerprint density at radius 3 is 2.88 bits per heavy atom. The van der Waals surface area contributed by atoms with Crippen LogP contribution < -0.4 is 4.74 Å². The first-order valence-corrected chi connectivity index (χ1v) is 5.93. The van der Waals surface area contributed by atoms with E-state index in [1.54, 1.807) is 7.11 Å². The molecule has 0 aliphatic carbocycles. The zero-order valence-electron chi connectivity index (χ0n) is 10.2. The molecular formula is C13H17ClN2O. The number of unbranched alkanes of at least 4 members (excludes halogenated alkanes) is 1. The number of halogens is 1. The minimum absolute atomic E-state index is 0.594. The summed E-state index contributed by atoms with van der Waals surface area (Å²) >= 11 is 5.97. The molecule has 4 heteroatoms. The largest absolute Gasteiger partial charge is 0.496 e. The number of ether oxygens (including phenoxy) is 1. The first kappa shape index (κ1) is 13.8. The van der Waals surface area contributed by atoms with Crippen LogP contribution in [0.4, 0.5) is 0 Å². The third-order valence-corrected chi connectivity index (χ3v) is 2.75. The predicted octanol–water partition coefficient (Wildman–Crippen LogP) is 3.08. The molecule has 0 heterocycles. The zero-order valence-corrected chi connectivity index (χ0v) is 11.0. The first-order valence-electron chi connectivity index (χ1n) is 5.55. The third-order valence-electron chi connectivity index (χ3n) is 2.51. The summed E-state index contributed by atoms with van der Waals surface area (Å²) in [5, 5.41) is 9.20. The number of nitrogens with zero attached hydrogens (tertiary/aromatic N) is 2. The molecule has 1 aromatic rings. The van der Waals surface area contributed by atoms with Crippen LogP contribution in [-0.4, -0.2) is 25.6 Å². The Morgan fingerprint density at radius 1 is 1.47 bits per heavy atom. The van der Waals surface area contributed by atoms with Crippen LogP contribution in [0.3, 0.4) is 0 Å². The van der Waals surface area contributed by atoms with Gasteiger partial charge in [0.05, 0.1) is 13.2 Å². The standard InChI is InChI=1S/C13H17ClN2O/c1-16(8-4-3-7-15)10-11-9-12(14)5-6-13(11)17-2/h5-6,9H,3-4,8,10H2,1-2H3. The molecule has 0 aliphatic rings. The van der Waals surface area contributed by atoms with E-state index in [0.29, 0.717) is 11.4 Å². The zero-order chi connectivity index (χ0) is 12.7. The topological polar surface area (TPSA) is 36.3 Å². The van der Waals surface area contributed by atoms with E-state index in [-0.39, 0.29) is 0 Å². The van der Waals surface area contributed by atoms with Crippen molar-refractivity contribution in [3.63, 3.8) is 0 Å². The van der Waals surface area contributed by atoms with Crippen molar-refractivity contribution in [1.82, 2.24) is 4.90 Å². The van der Waals surface area contributed by atoms with Crippen molar-refractivity contribution in [1.29, 1.82) is 5.26 Å². The molecule has 0 N–H and O–H groups in total. The summed E-state index contributed by atoms with van der Waals surface area (Å²) in [6.07, 6.45) is 1.48. The normalized spacial score (nSPS) is 10.3. The van der Waals surface area contributed by atoms with E-state index < -0.39 is 0 Å². The van der Waals surface area contributed by atoms with E-state index in [2.05, 4.69) is 11.0 Å². The van der Waals surface area contributed by atoms with Crippen LogP contribution in [0.25, 0.3) is 0 Å². The molecule has 0 fully saturated rings. The highest BCUT2D eigenvalue weighted by atomic mass is 35.5. The van der Waals surface area contributed by atoms with Crippen LogP contribution in [0.5, 0.6) is 5.75 Å². The van der Waals surface area contributed by atoms with E-state index in [4.69, 9.17) is 21.6 Å². The quantitative estimate of drug-likeness (QED) is 0.730. The van der Waals surface area contributed by atoms with E-state index in [1.165, 1.54) is 0 Å². The molecule has 17 heavy (non-hydrogen) atoms. The maximum absolute atomic E-state index is 8.48. The van der Waals surface area contributed by atoms with E-state index >= 15 is 0 Å². The van der Waals surface area contributed by atoms with Gasteiger partial charge in [-0.25, -0.2) is 0 Å². The molecule has 0 unspecified atom stereocenters. The lowest BCUT2D eigenvalue weighted by Crippen LogP contribution is -2.19. The number of methoxy groups -OCH3 is 1. The molecule has 0 aliphatic heterocycles. The maximum atomic E-state index is 8.48. The molecule has 0 saturated carbocycles. The molecule has 1 aromatic carbocycles. The summed E-state index contributed by atoms with van der Waals surface area (Å²) in [5.74, 6) is 0.849. The number of hydrogen-bond acceptors (Lipinski definition) is 3. The minimum atomic E-state index is 0.594. The van der Waals surface area contributed by atoms with Crippen LogP contribution in [0, 0.1) is 11.3 Å². The number of hydrogen-bond donors (Lipinski definition) is 0. The lowest BCUT2D eigenvalue weighted by molar-refractivity contribution is 0.314. The molecule has 0 saturated heterocycles. The van der Waals surface area contributed by atoms with Gasteiger partial charge in [0, 0.05) is 23.6 Å². The highest BCUT2D eigenvalue weighted by Crippen LogP contribution is 2.23. The van der Waals surface area contributed by atoms with Crippen molar-refractivity contribution in [2.45, 2.75) is 19.4 Å². The van der Waals surface area contributed by atoms with Gasteiger partial charge in [0.1, 0.15) is 5.75 Å². The molecule has 92 valence electrons. The molecule has 0 aromatic heterocycles. The van der Waals surface area contributed by atoms with E-state index in [1.807, 2.05) is 25.2 Å². The Kier molecular flexibility index (Phi) is 5.82. The van der Waals surface area contributed by atoms with Crippen LogP contribution in [0.2, 0.25) is 5.02 Å². The van der Waals surface area contributed by atoms with Crippen molar-refractivity contribution in [3.05, 3.63) is 28.8 Å². The second-order valence-corrected chi connectivity index (χ2v) is 4.39. The number of rotatable bonds is 6. The first-order chi connectivity index (χ1) is 8.17. The van der Waals surface area contributed by atoms with Gasteiger partial charge in [0.15, 0.2) is 0 Å². The summed E-state index contributed by atoms with van der Waals surface area (Å²) in [7, 11) is 3.68. The SMILES string of the molecule is COc1ccc(Cl)cc1CN(C)CCCC#N. The lowest BCUT2D eigenvalue weighted by Gasteiger charge is -2.18. The third kappa shape index (κ3) is 4.64. The number of nitriles is 1. The average Bonchev–Trinajstić information content (AvgIpc) is 2.29. The van der Waals surface area contributed by atoms with Crippen LogP contribution >= 0.6 is 11.6 Å². The summed E-state index contributed by atoms with van der Waals surface area (Å²) in [6.45, 7) is 1.67. The average molecular weight is 253 g/mol. The van der Waals surface area contributed by atoms with Gasteiger partial charge in [-0.15, -0.1) is 0 Å². The molecule has 3 nitrogen and oxygen atoms in total. The summed E-state index contributed by atoms with van der Waals surface area (Å²) in [5.41, 5.74) is 1.07. The smallest absolute Gasteiger partial charge is 0.123 e. The van der Waals surface area contributed by atoms with Gasteiger partial charge in [-0.2, -0.15) is 5.26 Å². The predicted molar refractivity (Wildman–Crippen MR) is 69.2 cm³/mol. The van der Waals surface area contributed by atoms with Crippen molar-refractivity contribution in [3.8, 4) is 11.8 Å². The van der Waals surface area contributed by atoms with E-state index in [9.17, 15) is 0 Å². The Morgan fingerprint density at radius 2 is 2.24 bits per heavy atom.